The van der Waals surface area contributed by atoms with Gasteiger partial charge in [-0.05, 0) is 30.8 Å². The Morgan fingerprint density at radius 2 is 2.29 bits per heavy atom. The van der Waals surface area contributed by atoms with Crippen LogP contribution < -0.4 is 10.1 Å². The largest absolute Gasteiger partial charge is 0.497 e. The Bertz CT molecular complexity index is 323. The van der Waals surface area contributed by atoms with E-state index in [-0.39, 0.29) is 0 Å². The minimum Gasteiger partial charge on any atom is -0.497 e. The molecular weight excluding hydrogens is 198 g/mol. The van der Waals surface area contributed by atoms with Crippen molar-refractivity contribution in [3.63, 3.8) is 0 Å². The van der Waals surface area contributed by atoms with E-state index in [4.69, 9.17) is 16.3 Å². The molecule has 0 unspecified atom stereocenters. The standard InChI is InChI=1S/C11H14ClNO/c1-13-7-3-4-9-8-10(14-2)5-6-11(9)12/h3-6,8,13H,7H2,1-2H3. The zero-order chi connectivity index (χ0) is 10.4. The maximum absolute atomic E-state index is 6.00. The van der Waals surface area contributed by atoms with Gasteiger partial charge in [-0.15, -0.1) is 0 Å². The Balaban J connectivity index is 2.83. The zero-order valence-electron chi connectivity index (χ0n) is 8.38. The van der Waals surface area contributed by atoms with Crippen LogP contribution >= 0.6 is 11.6 Å². The topological polar surface area (TPSA) is 21.3 Å². The summed E-state index contributed by atoms with van der Waals surface area (Å²) >= 11 is 6.00. The average Bonchev–Trinajstić information content (AvgIpc) is 2.21. The second-order valence-corrected chi connectivity index (χ2v) is 3.25. The Morgan fingerprint density at radius 3 is 2.93 bits per heavy atom. The second kappa shape index (κ2) is 5.68. The lowest BCUT2D eigenvalue weighted by atomic mass is 10.2. The number of methoxy groups -OCH3 is 1. The van der Waals surface area contributed by atoms with Crippen LogP contribution in [0.5, 0.6) is 5.75 Å². The summed E-state index contributed by atoms with van der Waals surface area (Å²) in [6.45, 7) is 0.827. The molecule has 0 saturated carbocycles. The molecule has 0 aliphatic heterocycles. The number of likely N-dealkylation sites (N-methyl/N-ethyl adjacent to an activating group) is 1. The molecule has 14 heavy (non-hydrogen) atoms. The van der Waals surface area contributed by atoms with Crippen molar-refractivity contribution in [3.8, 4) is 5.75 Å². The van der Waals surface area contributed by atoms with Gasteiger partial charge < -0.3 is 10.1 Å². The van der Waals surface area contributed by atoms with Crippen molar-refractivity contribution in [2.24, 2.45) is 0 Å². The van der Waals surface area contributed by atoms with Crippen molar-refractivity contribution in [2.45, 2.75) is 0 Å². The van der Waals surface area contributed by atoms with E-state index in [0.717, 1.165) is 22.9 Å². The number of halogens is 1. The summed E-state index contributed by atoms with van der Waals surface area (Å²) < 4.78 is 5.11. The van der Waals surface area contributed by atoms with Gasteiger partial charge in [-0.1, -0.05) is 23.8 Å². The van der Waals surface area contributed by atoms with Crippen LogP contribution in [0.1, 0.15) is 5.56 Å². The highest BCUT2D eigenvalue weighted by atomic mass is 35.5. The number of rotatable bonds is 4. The molecule has 0 aliphatic carbocycles. The van der Waals surface area contributed by atoms with E-state index in [1.54, 1.807) is 7.11 Å². The first-order chi connectivity index (χ1) is 6.77. The lowest BCUT2D eigenvalue weighted by Gasteiger charge is -2.02. The summed E-state index contributed by atoms with van der Waals surface area (Å²) in [6, 6.07) is 5.59. The Kier molecular flexibility index (Phi) is 4.50. The third-order valence-electron chi connectivity index (χ3n) is 1.82. The van der Waals surface area contributed by atoms with E-state index in [2.05, 4.69) is 5.32 Å². The van der Waals surface area contributed by atoms with Crippen LogP contribution in [0, 0.1) is 0 Å². The zero-order valence-corrected chi connectivity index (χ0v) is 9.14. The molecule has 0 saturated heterocycles. The number of hydrogen-bond acceptors (Lipinski definition) is 2. The third-order valence-corrected chi connectivity index (χ3v) is 2.17. The summed E-state index contributed by atoms with van der Waals surface area (Å²) in [4.78, 5) is 0. The van der Waals surface area contributed by atoms with Crippen LogP contribution in [-0.2, 0) is 0 Å². The fraction of sp³-hybridized carbons (Fsp3) is 0.273. The van der Waals surface area contributed by atoms with E-state index in [1.807, 2.05) is 37.4 Å². The highest BCUT2D eigenvalue weighted by Gasteiger charge is 1.98. The molecule has 0 aliphatic rings. The first-order valence-corrected chi connectivity index (χ1v) is 4.80. The predicted molar refractivity (Wildman–Crippen MR) is 61.0 cm³/mol. The molecule has 0 aromatic heterocycles. The van der Waals surface area contributed by atoms with Crippen molar-refractivity contribution in [3.05, 3.63) is 34.9 Å². The summed E-state index contributed by atoms with van der Waals surface area (Å²) in [5, 5.41) is 3.76. The van der Waals surface area contributed by atoms with E-state index in [0.29, 0.717) is 0 Å². The van der Waals surface area contributed by atoms with Crippen molar-refractivity contribution < 1.29 is 4.74 Å². The molecule has 1 aromatic carbocycles. The van der Waals surface area contributed by atoms with Gasteiger partial charge in [0, 0.05) is 11.6 Å². The monoisotopic (exact) mass is 211 g/mol. The maximum Gasteiger partial charge on any atom is 0.119 e. The molecule has 0 bridgehead atoms. The van der Waals surface area contributed by atoms with Gasteiger partial charge in [-0.2, -0.15) is 0 Å². The molecule has 1 N–H and O–H groups in total. The van der Waals surface area contributed by atoms with E-state index in [1.165, 1.54) is 0 Å². The molecular formula is C11H14ClNO. The Morgan fingerprint density at radius 1 is 1.50 bits per heavy atom. The van der Waals surface area contributed by atoms with Crippen LogP contribution in [0.4, 0.5) is 0 Å². The molecule has 3 heteroatoms. The van der Waals surface area contributed by atoms with E-state index >= 15 is 0 Å². The number of ether oxygens (including phenoxy) is 1. The molecule has 1 aromatic rings. The fourth-order valence-electron chi connectivity index (χ4n) is 1.08. The summed E-state index contributed by atoms with van der Waals surface area (Å²) in [5.41, 5.74) is 0.973. The number of hydrogen-bond donors (Lipinski definition) is 1. The summed E-state index contributed by atoms with van der Waals surface area (Å²) in [6.07, 6.45) is 3.99. The van der Waals surface area contributed by atoms with Crippen molar-refractivity contribution in [1.29, 1.82) is 0 Å². The molecule has 0 heterocycles. The lowest BCUT2D eigenvalue weighted by molar-refractivity contribution is 0.414. The van der Waals surface area contributed by atoms with Gasteiger partial charge in [0.2, 0.25) is 0 Å². The lowest BCUT2D eigenvalue weighted by Crippen LogP contribution is -2.03. The summed E-state index contributed by atoms with van der Waals surface area (Å²) in [7, 11) is 3.54. The van der Waals surface area contributed by atoms with Gasteiger partial charge in [0.25, 0.3) is 0 Å². The number of nitrogens with one attached hydrogen (secondary N) is 1. The van der Waals surface area contributed by atoms with Crippen molar-refractivity contribution in [1.82, 2.24) is 5.32 Å². The minimum absolute atomic E-state index is 0.734. The molecule has 0 amide bonds. The van der Waals surface area contributed by atoms with E-state index in [9.17, 15) is 0 Å². The van der Waals surface area contributed by atoms with Gasteiger partial charge in [-0.25, -0.2) is 0 Å². The third kappa shape index (κ3) is 3.05. The van der Waals surface area contributed by atoms with Crippen LogP contribution in [-0.4, -0.2) is 20.7 Å². The molecule has 2 nitrogen and oxygen atoms in total. The van der Waals surface area contributed by atoms with Gasteiger partial charge in [-0.3, -0.25) is 0 Å². The quantitative estimate of drug-likeness (QED) is 0.827. The minimum atomic E-state index is 0.734. The SMILES string of the molecule is CNCC=Cc1cc(OC)ccc1Cl. The molecule has 1 rings (SSSR count). The Hall–Kier alpha value is -0.990. The normalized spacial score (nSPS) is 10.8. The predicted octanol–water partition coefficient (Wildman–Crippen LogP) is 2.58. The average molecular weight is 212 g/mol. The smallest absolute Gasteiger partial charge is 0.119 e. The van der Waals surface area contributed by atoms with Crippen LogP contribution in [0.25, 0.3) is 6.08 Å². The molecule has 76 valence electrons. The van der Waals surface area contributed by atoms with E-state index < -0.39 is 0 Å². The fourth-order valence-corrected chi connectivity index (χ4v) is 1.26. The second-order valence-electron chi connectivity index (χ2n) is 2.85. The Labute approximate surface area is 89.5 Å². The van der Waals surface area contributed by atoms with Crippen LogP contribution in [0.2, 0.25) is 5.02 Å². The van der Waals surface area contributed by atoms with Gasteiger partial charge in [0.15, 0.2) is 0 Å². The van der Waals surface area contributed by atoms with Gasteiger partial charge in [0.05, 0.1) is 7.11 Å². The number of benzene rings is 1. The van der Waals surface area contributed by atoms with Gasteiger partial charge in [0.1, 0.15) is 5.75 Å². The van der Waals surface area contributed by atoms with Crippen molar-refractivity contribution >= 4 is 17.7 Å². The summed E-state index contributed by atoms with van der Waals surface area (Å²) in [5.74, 6) is 0.818. The highest BCUT2D eigenvalue weighted by molar-refractivity contribution is 6.32. The molecule has 0 spiro atoms. The first kappa shape index (κ1) is 11.1. The van der Waals surface area contributed by atoms with Gasteiger partial charge >= 0.3 is 0 Å². The van der Waals surface area contributed by atoms with Crippen LogP contribution in [0.3, 0.4) is 0 Å². The molecule has 0 fully saturated rings. The molecule has 0 radical (unpaired) electrons. The maximum atomic E-state index is 6.00. The molecule has 0 atom stereocenters. The first-order valence-electron chi connectivity index (χ1n) is 4.42. The van der Waals surface area contributed by atoms with Crippen molar-refractivity contribution in [2.75, 3.05) is 20.7 Å². The van der Waals surface area contributed by atoms with Crippen LogP contribution in [0.15, 0.2) is 24.3 Å². The highest BCUT2D eigenvalue weighted by Crippen LogP contribution is 2.22.